The molecule has 3 nitrogen and oxygen atoms in total. The molecule has 110 valence electrons. The number of benzene rings is 2. The fourth-order valence-corrected chi connectivity index (χ4v) is 3.27. The molecule has 2 aromatic carbocycles. The Hall–Kier alpha value is -1.33. The van der Waals surface area contributed by atoms with E-state index in [1.807, 2.05) is 42.5 Å². The third kappa shape index (κ3) is 4.32. The molecular weight excluding hydrogens is 398 g/mol. The first kappa shape index (κ1) is 16.0. The molecule has 2 aromatic rings. The molecule has 5 heteroatoms. The zero-order valence-corrected chi connectivity index (χ0v) is 14.9. The molecule has 0 unspecified atom stereocenters. The summed E-state index contributed by atoms with van der Waals surface area (Å²) >= 11 is 6.80. The molecule has 0 aliphatic carbocycles. The van der Waals surface area contributed by atoms with Crippen LogP contribution in [0.25, 0.3) is 0 Å². The van der Waals surface area contributed by atoms with E-state index in [9.17, 15) is 4.79 Å². The number of carbonyl (C=O) groups is 1. The van der Waals surface area contributed by atoms with Crippen LogP contribution in [0.3, 0.4) is 0 Å². The fourth-order valence-electron chi connectivity index (χ4n) is 1.97. The number of hydrogen-bond donors (Lipinski definition) is 0. The van der Waals surface area contributed by atoms with E-state index in [2.05, 4.69) is 31.9 Å². The lowest BCUT2D eigenvalue weighted by atomic mass is 10.1. The Balaban J connectivity index is 2.11. The quantitative estimate of drug-likeness (QED) is 0.740. The van der Waals surface area contributed by atoms with E-state index in [1.54, 1.807) is 19.1 Å². The maximum atomic E-state index is 12.4. The Morgan fingerprint density at radius 3 is 2.19 bits per heavy atom. The lowest BCUT2D eigenvalue weighted by molar-refractivity contribution is 0.0785. The van der Waals surface area contributed by atoms with Crippen LogP contribution in [0.1, 0.15) is 15.9 Å². The molecule has 0 fully saturated rings. The van der Waals surface area contributed by atoms with Gasteiger partial charge in [-0.15, -0.1) is 0 Å². The van der Waals surface area contributed by atoms with Gasteiger partial charge in [-0.25, -0.2) is 0 Å². The molecule has 0 saturated heterocycles. The van der Waals surface area contributed by atoms with Gasteiger partial charge >= 0.3 is 0 Å². The second kappa shape index (κ2) is 7.09. The molecular formula is C16H15Br2NO2. The summed E-state index contributed by atoms with van der Waals surface area (Å²) in [6.45, 7) is 0.549. The fraction of sp³-hybridized carbons (Fsp3) is 0.188. The van der Waals surface area contributed by atoms with Crippen LogP contribution in [0.15, 0.2) is 51.4 Å². The number of ether oxygens (including phenoxy) is 1. The van der Waals surface area contributed by atoms with E-state index < -0.39 is 0 Å². The Labute approximate surface area is 141 Å². The molecule has 0 aliphatic rings. The summed E-state index contributed by atoms with van der Waals surface area (Å²) < 4.78 is 6.87. The third-order valence-corrected chi connectivity index (χ3v) is 3.95. The van der Waals surface area contributed by atoms with Crippen LogP contribution < -0.4 is 4.74 Å². The third-order valence-electron chi connectivity index (χ3n) is 3.04. The zero-order chi connectivity index (χ0) is 15.4. The Morgan fingerprint density at radius 1 is 1.10 bits per heavy atom. The number of hydrogen-bond acceptors (Lipinski definition) is 2. The van der Waals surface area contributed by atoms with Crippen molar-refractivity contribution in [3.05, 3.63) is 62.5 Å². The highest BCUT2D eigenvalue weighted by atomic mass is 79.9. The van der Waals surface area contributed by atoms with E-state index in [0.29, 0.717) is 12.1 Å². The molecule has 0 heterocycles. The van der Waals surface area contributed by atoms with Crippen molar-refractivity contribution in [2.24, 2.45) is 0 Å². The predicted molar refractivity (Wildman–Crippen MR) is 90.6 cm³/mol. The van der Waals surface area contributed by atoms with Gasteiger partial charge in [0.25, 0.3) is 5.91 Å². The highest BCUT2D eigenvalue weighted by molar-refractivity contribution is 9.11. The van der Waals surface area contributed by atoms with Crippen molar-refractivity contribution in [2.45, 2.75) is 6.54 Å². The zero-order valence-electron chi connectivity index (χ0n) is 11.8. The molecule has 0 atom stereocenters. The van der Waals surface area contributed by atoms with Crippen LogP contribution in [0.2, 0.25) is 0 Å². The summed E-state index contributed by atoms with van der Waals surface area (Å²) in [6.07, 6.45) is 0. The van der Waals surface area contributed by atoms with Crippen LogP contribution >= 0.6 is 31.9 Å². The Morgan fingerprint density at radius 2 is 1.67 bits per heavy atom. The van der Waals surface area contributed by atoms with Crippen molar-refractivity contribution in [3.63, 3.8) is 0 Å². The van der Waals surface area contributed by atoms with Crippen molar-refractivity contribution >= 4 is 37.8 Å². The highest BCUT2D eigenvalue weighted by Crippen LogP contribution is 2.21. The molecule has 0 N–H and O–H groups in total. The standard InChI is InChI=1S/C16H15Br2NO2/c1-19(10-11-3-5-15(21-2)6-4-11)16(20)12-7-13(17)9-14(18)8-12/h3-9H,10H2,1-2H3. The first-order valence-corrected chi connectivity index (χ1v) is 7.92. The topological polar surface area (TPSA) is 29.5 Å². The van der Waals surface area contributed by atoms with Crippen LogP contribution in [0.4, 0.5) is 0 Å². The summed E-state index contributed by atoms with van der Waals surface area (Å²) in [4.78, 5) is 14.1. The van der Waals surface area contributed by atoms with E-state index in [-0.39, 0.29) is 5.91 Å². The molecule has 0 bridgehead atoms. The molecule has 0 spiro atoms. The van der Waals surface area contributed by atoms with Gasteiger partial charge in [-0.2, -0.15) is 0 Å². The largest absolute Gasteiger partial charge is 0.497 e. The lowest BCUT2D eigenvalue weighted by Gasteiger charge is -2.18. The predicted octanol–water partition coefficient (Wildman–Crippen LogP) is 4.49. The normalized spacial score (nSPS) is 10.3. The van der Waals surface area contributed by atoms with Crippen molar-refractivity contribution in [1.29, 1.82) is 0 Å². The summed E-state index contributed by atoms with van der Waals surface area (Å²) in [6, 6.07) is 13.2. The average molecular weight is 413 g/mol. The van der Waals surface area contributed by atoms with Gasteiger partial charge in [0.2, 0.25) is 0 Å². The van der Waals surface area contributed by atoms with E-state index >= 15 is 0 Å². The van der Waals surface area contributed by atoms with Crippen LogP contribution in [-0.4, -0.2) is 25.0 Å². The van der Waals surface area contributed by atoms with Gasteiger partial charge in [-0.1, -0.05) is 44.0 Å². The minimum absolute atomic E-state index is 0.0205. The number of carbonyl (C=O) groups excluding carboxylic acids is 1. The smallest absolute Gasteiger partial charge is 0.253 e. The van der Waals surface area contributed by atoms with Gasteiger partial charge < -0.3 is 9.64 Å². The van der Waals surface area contributed by atoms with Crippen LogP contribution in [-0.2, 0) is 6.54 Å². The highest BCUT2D eigenvalue weighted by Gasteiger charge is 2.13. The van der Waals surface area contributed by atoms with E-state index in [0.717, 1.165) is 20.3 Å². The molecule has 0 aromatic heterocycles. The van der Waals surface area contributed by atoms with Crippen LogP contribution in [0.5, 0.6) is 5.75 Å². The maximum Gasteiger partial charge on any atom is 0.253 e. The average Bonchev–Trinajstić information content (AvgIpc) is 2.46. The molecule has 0 aliphatic heterocycles. The van der Waals surface area contributed by atoms with Crippen molar-refractivity contribution in [1.82, 2.24) is 4.90 Å². The number of halogens is 2. The minimum atomic E-state index is -0.0205. The molecule has 21 heavy (non-hydrogen) atoms. The van der Waals surface area contributed by atoms with Gasteiger partial charge in [-0.3, -0.25) is 4.79 Å². The van der Waals surface area contributed by atoms with Crippen molar-refractivity contribution in [3.8, 4) is 5.75 Å². The van der Waals surface area contributed by atoms with Gasteiger partial charge in [-0.05, 0) is 35.9 Å². The van der Waals surface area contributed by atoms with E-state index in [4.69, 9.17) is 4.74 Å². The lowest BCUT2D eigenvalue weighted by Crippen LogP contribution is -2.26. The van der Waals surface area contributed by atoms with Gasteiger partial charge in [0.05, 0.1) is 7.11 Å². The number of rotatable bonds is 4. The second-order valence-corrected chi connectivity index (χ2v) is 6.50. The summed E-state index contributed by atoms with van der Waals surface area (Å²) in [5.41, 5.74) is 1.70. The summed E-state index contributed by atoms with van der Waals surface area (Å²) in [5.74, 6) is 0.788. The maximum absolute atomic E-state index is 12.4. The Bertz CT molecular complexity index is 621. The molecule has 2 rings (SSSR count). The van der Waals surface area contributed by atoms with Crippen LogP contribution in [0, 0.1) is 0 Å². The molecule has 1 amide bonds. The first-order chi connectivity index (χ1) is 9.99. The molecule has 0 saturated carbocycles. The Kier molecular flexibility index (Phi) is 5.42. The number of nitrogens with zero attached hydrogens (tertiary/aromatic N) is 1. The summed E-state index contributed by atoms with van der Waals surface area (Å²) in [7, 11) is 3.43. The van der Waals surface area contributed by atoms with Crippen molar-refractivity contribution < 1.29 is 9.53 Å². The number of amides is 1. The molecule has 0 radical (unpaired) electrons. The summed E-state index contributed by atoms with van der Waals surface area (Å²) in [5, 5.41) is 0. The van der Waals surface area contributed by atoms with E-state index in [1.165, 1.54) is 0 Å². The van der Waals surface area contributed by atoms with Gasteiger partial charge in [0.15, 0.2) is 0 Å². The van der Waals surface area contributed by atoms with Gasteiger partial charge in [0.1, 0.15) is 5.75 Å². The monoisotopic (exact) mass is 411 g/mol. The SMILES string of the molecule is COc1ccc(CN(C)C(=O)c2cc(Br)cc(Br)c2)cc1. The minimum Gasteiger partial charge on any atom is -0.497 e. The van der Waals surface area contributed by atoms with Gasteiger partial charge in [0, 0.05) is 28.1 Å². The van der Waals surface area contributed by atoms with Crippen molar-refractivity contribution in [2.75, 3.05) is 14.2 Å². The number of methoxy groups -OCH3 is 1. The second-order valence-electron chi connectivity index (χ2n) is 4.67. The first-order valence-electron chi connectivity index (χ1n) is 6.34.